The molecule has 3 aromatic rings. The van der Waals surface area contributed by atoms with E-state index >= 15 is 0 Å². The van der Waals surface area contributed by atoms with Gasteiger partial charge in [-0.25, -0.2) is 4.98 Å². The van der Waals surface area contributed by atoms with Crippen molar-refractivity contribution in [2.45, 2.75) is 0 Å². The second-order valence-electron chi connectivity index (χ2n) is 6.48. The molecule has 0 saturated heterocycles. The lowest BCUT2D eigenvalue weighted by Crippen LogP contribution is -2.24. The average Bonchev–Trinajstić information content (AvgIpc) is 2.80. The first-order chi connectivity index (χ1) is 15.1. The van der Waals surface area contributed by atoms with Crippen molar-refractivity contribution in [1.29, 1.82) is 0 Å². The molecule has 2 aromatic carbocycles. The van der Waals surface area contributed by atoms with Gasteiger partial charge in [0, 0.05) is 30.7 Å². The predicted octanol–water partition coefficient (Wildman–Crippen LogP) is 3.62. The van der Waals surface area contributed by atoms with Gasteiger partial charge in [0.1, 0.15) is 24.8 Å². The van der Waals surface area contributed by atoms with E-state index in [-0.39, 0.29) is 12.5 Å². The Morgan fingerprint density at radius 3 is 2.58 bits per heavy atom. The smallest absolute Gasteiger partial charge is 0.257 e. The summed E-state index contributed by atoms with van der Waals surface area (Å²) in [6.45, 7) is 1.04. The minimum absolute atomic E-state index is 0.0321. The molecule has 0 spiro atoms. The van der Waals surface area contributed by atoms with Crippen LogP contribution < -0.4 is 30.2 Å². The van der Waals surface area contributed by atoms with Crippen LogP contribution in [0.5, 0.6) is 17.2 Å². The molecule has 0 bridgehead atoms. The van der Waals surface area contributed by atoms with Crippen LogP contribution >= 0.6 is 15.9 Å². The van der Waals surface area contributed by atoms with Gasteiger partial charge in [0.05, 0.1) is 4.47 Å². The van der Waals surface area contributed by atoms with Crippen LogP contribution in [0.4, 0.5) is 23.1 Å². The molecular formula is C21H20BrN5O4. The molecule has 160 valence electrons. The number of fused-ring (bicyclic) bond motifs is 1. The summed E-state index contributed by atoms with van der Waals surface area (Å²) in [5.74, 6) is 2.83. The number of carbonyl (C=O) groups excluding carboxylic acids is 1. The highest BCUT2D eigenvalue weighted by atomic mass is 79.9. The molecule has 10 heteroatoms. The van der Waals surface area contributed by atoms with Crippen LogP contribution in [-0.2, 0) is 4.79 Å². The molecule has 4 rings (SSSR count). The lowest BCUT2D eigenvalue weighted by Gasteiger charge is -2.19. The quantitative estimate of drug-likeness (QED) is 0.465. The predicted molar refractivity (Wildman–Crippen MR) is 120 cm³/mol. The van der Waals surface area contributed by atoms with E-state index in [2.05, 4.69) is 41.8 Å². The van der Waals surface area contributed by atoms with Crippen molar-refractivity contribution in [3.05, 3.63) is 53.1 Å². The van der Waals surface area contributed by atoms with E-state index in [4.69, 9.17) is 14.2 Å². The minimum Gasteiger partial charge on any atom is -0.486 e. The Morgan fingerprint density at radius 1 is 1.06 bits per heavy atom. The zero-order valence-corrected chi connectivity index (χ0v) is 18.2. The second-order valence-corrected chi connectivity index (χ2v) is 7.34. The Bertz CT molecular complexity index is 1080. The SMILES string of the molecule is CNC(=O)COc1ccc(Nc2nc(Nc3ccc4c(c3)OCCO4)ncc2Br)cc1. The fraction of sp³-hybridized carbons (Fsp3) is 0.190. The van der Waals surface area contributed by atoms with Gasteiger partial charge in [-0.3, -0.25) is 4.79 Å². The lowest BCUT2D eigenvalue weighted by atomic mass is 10.2. The van der Waals surface area contributed by atoms with Crippen LogP contribution in [0.1, 0.15) is 0 Å². The third-order valence-electron chi connectivity index (χ3n) is 4.31. The molecule has 31 heavy (non-hydrogen) atoms. The number of ether oxygens (including phenoxy) is 3. The third-order valence-corrected chi connectivity index (χ3v) is 4.89. The summed E-state index contributed by atoms with van der Waals surface area (Å²) in [6, 6.07) is 12.8. The van der Waals surface area contributed by atoms with E-state index in [1.54, 1.807) is 25.4 Å². The van der Waals surface area contributed by atoms with Crippen molar-refractivity contribution in [2.75, 3.05) is 37.5 Å². The van der Waals surface area contributed by atoms with Gasteiger partial charge in [0.25, 0.3) is 5.91 Å². The first-order valence-electron chi connectivity index (χ1n) is 9.50. The molecule has 1 amide bonds. The van der Waals surface area contributed by atoms with Crippen molar-refractivity contribution in [3.63, 3.8) is 0 Å². The number of hydrogen-bond donors (Lipinski definition) is 3. The Kier molecular flexibility index (Phi) is 6.37. The van der Waals surface area contributed by atoms with Gasteiger partial charge in [-0.15, -0.1) is 0 Å². The number of nitrogens with one attached hydrogen (secondary N) is 3. The first kappa shape index (κ1) is 20.7. The molecule has 1 aromatic heterocycles. The van der Waals surface area contributed by atoms with E-state index in [0.717, 1.165) is 17.1 Å². The van der Waals surface area contributed by atoms with Crippen molar-refractivity contribution in [3.8, 4) is 17.2 Å². The topological polar surface area (TPSA) is 107 Å². The van der Waals surface area contributed by atoms with Crippen molar-refractivity contribution >= 4 is 45.0 Å². The van der Waals surface area contributed by atoms with E-state index < -0.39 is 0 Å². The molecule has 2 heterocycles. The van der Waals surface area contributed by atoms with Gasteiger partial charge in [-0.2, -0.15) is 4.98 Å². The van der Waals surface area contributed by atoms with Crippen LogP contribution in [0.25, 0.3) is 0 Å². The van der Waals surface area contributed by atoms with E-state index in [0.29, 0.717) is 41.0 Å². The Hall–Kier alpha value is -3.53. The Balaban J connectivity index is 1.44. The van der Waals surface area contributed by atoms with Crippen molar-refractivity contribution in [1.82, 2.24) is 15.3 Å². The first-order valence-corrected chi connectivity index (χ1v) is 10.3. The second kappa shape index (κ2) is 9.52. The van der Waals surface area contributed by atoms with Gasteiger partial charge < -0.3 is 30.2 Å². The van der Waals surface area contributed by atoms with E-state index in [1.807, 2.05) is 30.3 Å². The minimum atomic E-state index is -0.190. The molecule has 0 aliphatic carbocycles. The zero-order chi connectivity index (χ0) is 21.6. The molecule has 0 fully saturated rings. The largest absolute Gasteiger partial charge is 0.486 e. The number of likely N-dealkylation sites (N-methyl/N-ethyl adjacent to an activating group) is 1. The highest BCUT2D eigenvalue weighted by Gasteiger charge is 2.13. The summed E-state index contributed by atoms with van der Waals surface area (Å²) < 4.78 is 17.3. The van der Waals surface area contributed by atoms with Crippen LogP contribution in [0.3, 0.4) is 0 Å². The number of carbonyl (C=O) groups is 1. The van der Waals surface area contributed by atoms with Crippen LogP contribution in [-0.4, -0.2) is 42.7 Å². The number of benzene rings is 2. The molecule has 1 aliphatic rings. The summed E-state index contributed by atoms with van der Waals surface area (Å²) in [6.07, 6.45) is 1.66. The van der Waals surface area contributed by atoms with Gasteiger partial charge in [0.2, 0.25) is 5.95 Å². The molecule has 0 saturated carbocycles. The highest BCUT2D eigenvalue weighted by Crippen LogP contribution is 2.33. The third kappa shape index (κ3) is 5.34. The monoisotopic (exact) mass is 485 g/mol. The lowest BCUT2D eigenvalue weighted by molar-refractivity contribution is -0.122. The van der Waals surface area contributed by atoms with Gasteiger partial charge >= 0.3 is 0 Å². The number of rotatable bonds is 7. The Labute approximate surface area is 187 Å². The molecule has 0 radical (unpaired) electrons. The van der Waals surface area contributed by atoms with Gasteiger partial charge in [-0.05, 0) is 52.3 Å². The number of nitrogens with zero attached hydrogens (tertiary/aromatic N) is 2. The molecule has 1 aliphatic heterocycles. The maximum absolute atomic E-state index is 11.3. The van der Waals surface area contributed by atoms with Crippen molar-refractivity contribution < 1.29 is 19.0 Å². The number of hydrogen-bond acceptors (Lipinski definition) is 8. The summed E-state index contributed by atoms with van der Waals surface area (Å²) in [7, 11) is 1.56. The normalized spacial score (nSPS) is 12.1. The van der Waals surface area contributed by atoms with Gasteiger partial charge in [-0.1, -0.05) is 0 Å². The summed E-state index contributed by atoms with van der Waals surface area (Å²) in [4.78, 5) is 20.1. The molecule has 9 nitrogen and oxygen atoms in total. The maximum Gasteiger partial charge on any atom is 0.257 e. The number of halogens is 1. The average molecular weight is 486 g/mol. The summed E-state index contributed by atoms with van der Waals surface area (Å²) >= 11 is 3.46. The highest BCUT2D eigenvalue weighted by molar-refractivity contribution is 9.10. The Morgan fingerprint density at radius 2 is 1.81 bits per heavy atom. The number of aromatic nitrogens is 2. The molecule has 3 N–H and O–H groups in total. The van der Waals surface area contributed by atoms with Crippen LogP contribution in [0.15, 0.2) is 53.1 Å². The molecule has 0 unspecified atom stereocenters. The molecular weight excluding hydrogens is 466 g/mol. The van der Waals surface area contributed by atoms with E-state index in [1.165, 1.54) is 0 Å². The van der Waals surface area contributed by atoms with E-state index in [9.17, 15) is 4.79 Å². The summed E-state index contributed by atoms with van der Waals surface area (Å²) in [5, 5.41) is 8.92. The van der Waals surface area contributed by atoms with Crippen LogP contribution in [0.2, 0.25) is 0 Å². The van der Waals surface area contributed by atoms with Gasteiger partial charge in [0.15, 0.2) is 18.1 Å². The fourth-order valence-electron chi connectivity index (χ4n) is 2.76. The number of amides is 1. The van der Waals surface area contributed by atoms with Crippen LogP contribution in [0, 0.1) is 0 Å². The fourth-order valence-corrected chi connectivity index (χ4v) is 3.05. The standard InChI is InChI=1S/C21H20BrN5O4/c1-23-19(28)12-31-15-5-2-13(3-6-15)25-20-16(22)11-24-21(27-20)26-14-4-7-17-18(10-14)30-9-8-29-17/h2-7,10-11H,8-9,12H2,1H3,(H,23,28)(H2,24,25,26,27). The maximum atomic E-state index is 11.3. The molecule has 0 atom stereocenters. The number of anilines is 4. The zero-order valence-electron chi connectivity index (χ0n) is 16.6. The van der Waals surface area contributed by atoms with Crippen molar-refractivity contribution in [2.24, 2.45) is 0 Å². The summed E-state index contributed by atoms with van der Waals surface area (Å²) in [5.41, 5.74) is 1.59.